The predicted octanol–water partition coefficient (Wildman–Crippen LogP) is 2.76. The average molecular weight is 229 g/mol. The lowest BCUT2D eigenvalue weighted by Crippen LogP contribution is -2.32. The van der Waals surface area contributed by atoms with E-state index in [1.807, 2.05) is 0 Å². The summed E-state index contributed by atoms with van der Waals surface area (Å²) in [5, 5.41) is 12.1. The molecule has 0 fully saturated rings. The molecule has 2 N–H and O–H groups in total. The van der Waals surface area contributed by atoms with E-state index in [1.54, 1.807) is 6.92 Å². The number of rotatable bonds is 8. The summed E-state index contributed by atoms with van der Waals surface area (Å²) in [6.07, 6.45) is 1.89. The van der Waals surface area contributed by atoms with Gasteiger partial charge in [-0.05, 0) is 30.7 Å². The van der Waals surface area contributed by atoms with Crippen molar-refractivity contribution >= 4 is 5.97 Å². The van der Waals surface area contributed by atoms with Crippen LogP contribution in [0.2, 0.25) is 0 Å². The van der Waals surface area contributed by atoms with Crippen LogP contribution >= 0.6 is 0 Å². The molecule has 1 unspecified atom stereocenters. The van der Waals surface area contributed by atoms with Crippen LogP contribution in [0.5, 0.6) is 0 Å². The van der Waals surface area contributed by atoms with E-state index in [1.165, 1.54) is 6.42 Å². The van der Waals surface area contributed by atoms with Gasteiger partial charge in [-0.3, -0.25) is 4.79 Å². The molecule has 0 aromatic heterocycles. The van der Waals surface area contributed by atoms with Gasteiger partial charge < -0.3 is 10.4 Å². The second-order valence-corrected chi connectivity index (χ2v) is 5.97. The molecule has 0 aliphatic heterocycles. The van der Waals surface area contributed by atoms with Crippen LogP contribution in [-0.2, 0) is 4.79 Å². The number of carboxylic acids is 1. The SMILES string of the molecule is CC(C)CC(C)(C)CNCCC(C)C(=O)O. The Labute approximate surface area is 99.6 Å². The summed E-state index contributed by atoms with van der Waals surface area (Å²) in [5.41, 5.74) is 0.292. The number of aliphatic carboxylic acids is 1. The van der Waals surface area contributed by atoms with Crippen molar-refractivity contribution in [3.05, 3.63) is 0 Å². The Morgan fingerprint density at radius 1 is 1.31 bits per heavy atom. The minimum absolute atomic E-state index is 0.249. The maximum Gasteiger partial charge on any atom is 0.306 e. The Kier molecular flexibility index (Phi) is 6.65. The lowest BCUT2D eigenvalue weighted by Gasteiger charge is -2.27. The minimum atomic E-state index is -0.705. The van der Waals surface area contributed by atoms with Gasteiger partial charge in [0.15, 0.2) is 0 Å². The first-order valence-electron chi connectivity index (χ1n) is 6.18. The van der Waals surface area contributed by atoms with Crippen molar-refractivity contribution in [3.8, 4) is 0 Å². The third-order valence-corrected chi connectivity index (χ3v) is 2.74. The van der Waals surface area contributed by atoms with Gasteiger partial charge in [0, 0.05) is 6.54 Å². The fraction of sp³-hybridized carbons (Fsp3) is 0.923. The van der Waals surface area contributed by atoms with E-state index >= 15 is 0 Å². The third-order valence-electron chi connectivity index (χ3n) is 2.74. The standard InChI is InChI=1S/C13H27NO2/c1-10(2)8-13(4,5)9-14-7-6-11(3)12(15)16/h10-11,14H,6-9H2,1-5H3,(H,15,16). The summed E-state index contributed by atoms with van der Waals surface area (Å²) in [5.74, 6) is -0.251. The maximum atomic E-state index is 10.6. The lowest BCUT2D eigenvalue weighted by molar-refractivity contribution is -0.141. The molecular weight excluding hydrogens is 202 g/mol. The highest BCUT2D eigenvalue weighted by Gasteiger charge is 2.19. The van der Waals surface area contributed by atoms with Gasteiger partial charge in [-0.2, -0.15) is 0 Å². The molecule has 0 spiro atoms. The van der Waals surface area contributed by atoms with Crippen molar-refractivity contribution in [2.45, 2.75) is 47.5 Å². The molecule has 3 heteroatoms. The molecule has 3 nitrogen and oxygen atoms in total. The second-order valence-electron chi connectivity index (χ2n) is 5.97. The van der Waals surface area contributed by atoms with E-state index < -0.39 is 5.97 Å². The van der Waals surface area contributed by atoms with Crippen molar-refractivity contribution in [1.82, 2.24) is 5.32 Å². The first-order valence-corrected chi connectivity index (χ1v) is 6.18. The summed E-state index contributed by atoms with van der Waals surface area (Å²) in [6.45, 7) is 12.5. The molecular formula is C13H27NO2. The smallest absolute Gasteiger partial charge is 0.306 e. The number of hydrogen-bond donors (Lipinski definition) is 2. The maximum absolute atomic E-state index is 10.6. The summed E-state index contributed by atoms with van der Waals surface area (Å²) < 4.78 is 0. The fourth-order valence-corrected chi connectivity index (χ4v) is 2.05. The summed E-state index contributed by atoms with van der Waals surface area (Å²) in [7, 11) is 0. The zero-order valence-electron chi connectivity index (χ0n) is 11.3. The summed E-state index contributed by atoms with van der Waals surface area (Å²) in [6, 6.07) is 0. The van der Waals surface area contributed by atoms with Crippen LogP contribution in [0.15, 0.2) is 0 Å². The summed E-state index contributed by atoms with van der Waals surface area (Å²) in [4.78, 5) is 10.6. The normalized spacial score (nSPS) is 14.1. The van der Waals surface area contributed by atoms with E-state index in [2.05, 4.69) is 33.0 Å². The van der Waals surface area contributed by atoms with Gasteiger partial charge in [0.05, 0.1) is 5.92 Å². The monoisotopic (exact) mass is 229 g/mol. The van der Waals surface area contributed by atoms with Crippen molar-refractivity contribution in [1.29, 1.82) is 0 Å². The van der Waals surface area contributed by atoms with Gasteiger partial charge in [0.25, 0.3) is 0 Å². The highest BCUT2D eigenvalue weighted by atomic mass is 16.4. The van der Waals surface area contributed by atoms with Crippen molar-refractivity contribution < 1.29 is 9.90 Å². The van der Waals surface area contributed by atoms with Crippen molar-refractivity contribution in [2.75, 3.05) is 13.1 Å². The Morgan fingerprint density at radius 2 is 1.88 bits per heavy atom. The van der Waals surface area contributed by atoms with Gasteiger partial charge >= 0.3 is 5.97 Å². The van der Waals surface area contributed by atoms with Crippen molar-refractivity contribution in [3.63, 3.8) is 0 Å². The molecule has 0 heterocycles. The molecule has 16 heavy (non-hydrogen) atoms. The highest BCUT2D eigenvalue weighted by molar-refractivity contribution is 5.69. The Balaban J connectivity index is 3.69. The topological polar surface area (TPSA) is 49.3 Å². The van der Waals surface area contributed by atoms with Crippen LogP contribution in [0.4, 0.5) is 0 Å². The van der Waals surface area contributed by atoms with E-state index in [-0.39, 0.29) is 5.92 Å². The molecule has 0 rings (SSSR count). The van der Waals surface area contributed by atoms with E-state index in [4.69, 9.17) is 5.11 Å². The molecule has 96 valence electrons. The molecule has 1 atom stereocenters. The molecule has 0 saturated carbocycles. The molecule has 0 saturated heterocycles. The zero-order valence-corrected chi connectivity index (χ0v) is 11.3. The third kappa shape index (κ3) is 7.69. The molecule has 0 bridgehead atoms. The molecule has 0 aliphatic carbocycles. The Hall–Kier alpha value is -0.570. The van der Waals surface area contributed by atoms with Gasteiger partial charge in [-0.1, -0.05) is 34.6 Å². The molecule has 0 amide bonds. The van der Waals surface area contributed by atoms with Gasteiger partial charge in [0.1, 0.15) is 0 Å². The Morgan fingerprint density at radius 3 is 2.31 bits per heavy atom. The number of nitrogens with one attached hydrogen (secondary N) is 1. The predicted molar refractivity (Wildman–Crippen MR) is 67.5 cm³/mol. The van der Waals surface area contributed by atoms with Crippen LogP contribution in [0.3, 0.4) is 0 Å². The van der Waals surface area contributed by atoms with Crippen LogP contribution < -0.4 is 5.32 Å². The first-order chi connectivity index (χ1) is 7.24. The van der Waals surface area contributed by atoms with E-state index in [0.717, 1.165) is 13.1 Å². The second kappa shape index (κ2) is 6.89. The number of carbonyl (C=O) groups is 1. The Bertz CT molecular complexity index is 212. The first kappa shape index (κ1) is 15.4. The van der Waals surface area contributed by atoms with Crippen molar-refractivity contribution in [2.24, 2.45) is 17.3 Å². The zero-order chi connectivity index (χ0) is 12.8. The van der Waals surface area contributed by atoms with Crippen LogP contribution in [0.25, 0.3) is 0 Å². The number of carboxylic acid groups (broad SMARTS) is 1. The van der Waals surface area contributed by atoms with Gasteiger partial charge in [-0.25, -0.2) is 0 Å². The number of hydrogen-bond acceptors (Lipinski definition) is 2. The van der Waals surface area contributed by atoms with Crippen LogP contribution in [0.1, 0.15) is 47.5 Å². The van der Waals surface area contributed by atoms with E-state index in [0.29, 0.717) is 17.8 Å². The fourth-order valence-electron chi connectivity index (χ4n) is 2.05. The summed E-state index contributed by atoms with van der Waals surface area (Å²) >= 11 is 0. The molecule has 0 aliphatic rings. The lowest BCUT2D eigenvalue weighted by atomic mass is 9.84. The minimum Gasteiger partial charge on any atom is -0.481 e. The molecule has 0 aromatic rings. The average Bonchev–Trinajstić information content (AvgIpc) is 2.09. The van der Waals surface area contributed by atoms with Gasteiger partial charge in [-0.15, -0.1) is 0 Å². The molecule has 0 aromatic carbocycles. The largest absolute Gasteiger partial charge is 0.481 e. The van der Waals surface area contributed by atoms with Crippen LogP contribution in [0, 0.1) is 17.3 Å². The van der Waals surface area contributed by atoms with E-state index in [9.17, 15) is 4.79 Å². The highest BCUT2D eigenvalue weighted by Crippen LogP contribution is 2.23. The van der Waals surface area contributed by atoms with Gasteiger partial charge in [0.2, 0.25) is 0 Å². The molecule has 0 radical (unpaired) electrons. The quantitative estimate of drug-likeness (QED) is 0.629. The van der Waals surface area contributed by atoms with Crippen LogP contribution in [-0.4, -0.2) is 24.2 Å².